The number of hydrogen-bond acceptors (Lipinski definition) is 8. The van der Waals surface area contributed by atoms with Gasteiger partial charge in [0.25, 0.3) is 0 Å². The van der Waals surface area contributed by atoms with Crippen LogP contribution in [0.4, 0.5) is 0 Å². The van der Waals surface area contributed by atoms with Crippen LogP contribution in [0.3, 0.4) is 0 Å². The molecule has 0 radical (unpaired) electrons. The molecule has 34 heavy (non-hydrogen) atoms. The number of fused-ring (bicyclic) bond motifs is 4. The maximum absolute atomic E-state index is 9.77. The minimum Gasteiger partial charge on any atom is -0.479 e. The Morgan fingerprint density at radius 3 is 2.26 bits per heavy atom. The van der Waals surface area contributed by atoms with E-state index in [1.807, 2.05) is 18.3 Å². The molecule has 2 unspecified atom stereocenters. The van der Waals surface area contributed by atoms with E-state index in [4.69, 9.17) is 25.2 Å². The number of H-pyrrole nitrogens is 1. The fourth-order valence-electron chi connectivity index (χ4n) is 4.22. The van der Waals surface area contributed by atoms with Crippen LogP contribution >= 0.6 is 0 Å². The number of carboxylic acid groups (broad SMARTS) is 2. The third kappa shape index (κ3) is 5.33. The van der Waals surface area contributed by atoms with Gasteiger partial charge in [0.05, 0.1) is 5.69 Å². The predicted octanol–water partition coefficient (Wildman–Crippen LogP) is 0.975. The normalized spacial score (nSPS) is 22.9. The molecule has 2 bridgehead atoms. The minimum absolute atomic E-state index is 0.267. The van der Waals surface area contributed by atoms with Crippen LogP contribution in [-0.2, 0) is 9.59 Å². The predicted molar refractivity (Wildman–Crippen MR) is 120 cm³/mol. The molecule has 0 aliphatic carbocycles. The molecule has 3 fully saturated rings. The molecule has 5 heterocycles. The lowest BCUT2D eigenvalue weighted by atomic mass is 9.86. The van der Waals surface area contributed by atoms with Crippen molar-refractivity contribution < 1.29 is 34.8 Å². The second kappa shape index (κ2) is 10.2. The van der Waals surface area contributed by atoms with Crippen LogP contribution in [0.25, 0.3) is 22.2 Å². The summed E-state index contributed by atoms with van der Waals surface area (Å²) in [5.41, 5.74) is 3.08. The first kappa shape index (κ1) is 23.6. The highest BCUT2D eigenvalue weighted by atomic mass is 16.5. The quantitative estimate of drug-likeness (QED) is 0.350. The number of nitrogens with zero attached hydrogens (tertiary/aromatic N) is 3. The van der Waals surface area contributed by atoms with Gasteiger partial charge in [-0.25, -0.2) is 9.59 Å². The van der Waals surface area contributed by atoms with Gasteiger partial charge in [-0.3, -0.25) is 4.90 Å². The lowest BCUT2D eigenvalue weighted by molar-refractivity contribution is -0.165. The van der Waals surface area contributed by atoms with Crippen LogP contribution in [0.1, 0.15) is 12.8 Å². The third-order valence-electron chi connectivity index (χ3n) is 6.16. The van der Waals surface area contributed by atoms with Crippen LogP contribution in [-0.4, -0.2) is 90.4 Å². The van der Waals surface area contributed by atoms with Gasteiger partial charge in [0.1, 0.15) is 6.10 Å². The first-order chi connectivity index (χ1) is 16.3. The van der Waals surface area contributed by atoms with E-state index in [1.54, 1.807) is 0 Å². The number of ether oxygens (including phenoxy) is 1. The summed E-state index contributed by atoms with van der Waals surface area (Å²) in [6.07, 6.45) is 0.170. The fourth-order valence-corrected chi connectivity index (χ4v) is 4.22. The van der Waals surface area contributed by atoms with Gasteiger partial charge in [-0.2, -0.15) is 0 Å². The Hall–Kier alpha value is -3.54. The van der Waals surface area contributed by atoms with Crippen molar-refractivity contribution in [1.82, 2.24) is 20.1 Å². The highest BCUT2D eigenvalue weighted by Crippen LogP contribution is 2.30. The van der Waals surface area contributed by atoms with E-state index in [-0.39, 0.29) is 6.10 Å². The molecule has 3 aromatic rings. The second-order valence-corrected chi connectivity index (χ2v) is 8.40. The molecule has 3 aliphatic rings. The Labute approximate surface area is 194 Å². The zero-order valence-corrected chi connectivity index (χ0v) is 18.2. The van der Waals surface area contributed by atoms with Crippen molar-refractivity contribution >= 4 is 22.8 Å². The lowest BCUT2D eigenvalue weighted by Crippen LogP contribution is -2.52. The smallest absolute Gasteiger partial charge is 0.335 e. The lowest BCUT2D eigenvalue weighted by Gasteiger charge is -2.44. The van der Waals surface area contributed by atoms with Gasteiger partial charge in [-0.1, -0.05) is 6.07 Å². The zero-order valence-electron chi connectivity index (χ0n) is 18.2. The van der Waals surface area contributed by atoms with E-state index in [2.05, 4.69) is 44.3 Å². The van der Waals surface area contributed by atoms with Gasteiger partial charge in [0, 0.05) is 35.3 Å². The monoisotopic (exact) mass is 470 g/mol. The maximum Gasteiger partial charge on any atom is 0.335 e. The molecule has 0 saturated carbocycles. The average molecular weight is 470 g/mol. The molecule has 11 heteroatoms. The first-order valence-corrected chi connectivity index (χ1v) is 10.9. The molecule has 0 amide bonds. The van der Waals surface area contributed by atoms with Crippen LogP contribution in [0, 0.1) is 5.92 Å². The SMILES string of the molecule is O=C(O)C(O)C(O)C(=O)O.c1cc2cc(-c3ccc(O[C@H]4CN5CCC4CC5)nn3)ccc2[nH]1. The maximum atomic E-state index is 9.77. The molecule has 3 saturated heterocycles. The average Bonchev–Trinajstić information content (AvgIpc) is 3.32. The van der Waals surface area contributed by atoms with Crippen molar-refractivity contribution in [3.63, 3.8) is 0 Å². The minimum atomic E-state index is -2.27. The van der Waals surface area contributed by atoms with Gasteiger partial charge in [-0.05, 0) is 56.1 Å². The number of piperidine rings is 3. The number of aliphatic carboxylic acids is 2. The fraction of sp³-hybridized carbons (Fsp3) is 0.391. The molecule has 3 aliphatic heterocycles. The summed E-state index contributed by atoms with van der Waals surface area (Å²) in [5, 5.41) is 42.4. The molecule has 3 atom stereocenters. The van der Waals surface area contributed by atoms with Crippen molar-refractivity contribution in [2.45, 2.75) is 31.2 Å². The molecular formula is C23H26N4O7. The zero-order chi connectivity index (χ0) is 24.2. The number of rotatable bonds is 6. The van der Waals surface area contributed by atoms with Gasteiger partial charge < -0.3 is 30.1 Å². The van der Waals surface area contributed by atoms with E-state index in [0.717, 1.165) is 23.3 Å². The first-order valence-electron chi connectivity index (χ1n) is 10.9. The van der Waals surface area contributed by atoms with E-state index in [1.165, 1.54) is 31.3 Å². The van der Waals surface area contributed by atoms with Crippen molar-refractivity contribution in [3.05, 3.63) is 42.6 Å². The summed E-state index contributed by atoms with van der Waals surface area (Å²) < 4.78 is 6.12. The van der Waals surface area contributed by atoms with Crippen molar-refractivity contribution in [2.75, 3.05) is 19.6 Å². The van der Waals surface area contributed by atoms with Crippen LogP contribution in [0.15, 0.2) is 42.6 Å². The summed E-state index contributed by atoms with van der Waals surface area (Å²) in [4.78, 5) is 25.2. The number of hydrogen-bond donors (Lipinski definition) is 5. The molecule has 11 nitrogen and oxygen atoms in total. The second-order valence-electron chi connectivity index (χ2n) is 8.40. The van der Waals surface area contributed by atoms with Gasteiger partial charge >= 0.3 is 11.9 Å². The van der Waals surface area contributed by atoms with E-state index in [9.17, 15) is 9.59 Å². The standard InChI is InChI=1S/C19H20N4O.C4H6O6/c1-2-16-15(5-8-20-16)11-14(1)17-3-4-19(22-21-17)24-18-12-23-9-6-13(18)7-10-23;5-1(3(7)8)2(6)4(9)10/h1-5,8,11,13,18,20H,6-7,9-10,12H2;1-2,5-6H,(H,7,8)(H,9,10)/t18-;/m0./s1. The number of aromatic amines is 1. The Bertz CT molecular complexity index is 1120. The molecule has 6 rings (SSSR count). The summed E-state index contributed by atoms with van der Waals surface area (Å²) >= 11 is 0. The number of aromatic nitrogens is 3. The number of aliphatic hydroxyl groups is 2. The van der Waals surface area contributed by atoms with Gasteiger partial charge in [0.2, 0.25) is 5.88 Å². The Kier molecular flexibility index (Phi) is 7.06. The molecule has 2 aromatic heterocycles. The summed E-state index contributed by atoms with van der Waals surface area (Å²) in [6.45, 7) is 3.46. The van der Waals surface area contributed by atoms with Crippen molar-refractivity contribution in [3.8, 4) is 17.1 Å². The van der Waals surface area contributed by atoms with Crippen molar-refractivity contribution in [1.29, 1.82) is 0 Å². The van der Waals surface area contributed by atoms with Gasteiger partial charge in [-0.15, -0.1) is 10.2 Å². The molecular weight excluding hydrogens is 444 g/mol. The molecule has 1 aromatic carbocycles. The summed E-state index contributed by atoms with van der Waals surface area (Å²) in [7, 11) is 0. The highest BCUT2D eigenvalue weighted by Gasteiger charge is 2.35. The molecule has 180 valence electrons. The highest BCUT2D eigenvalue weighted by molar-refractivity contribution is 5.84. The Morgan fingerprint density at radius 2 is 1.71 bits per heavy atom. The number of benzene rings is 1. The van der Waals surface area contributed by atoms with Crippen LogP contribution in [0.5, 0.6) is 5.88 Å². The van der Waals surface area contributed by atoms with E-state index < -0.39 is 24.1 Å². The van der Waals surface area contributed by atoms with E-state index in [0.29, 0.717) is 11.8 Å². The molecule has 0 spiro atoms. The third-order valence-corrected chi connectivity index (χ3v) is 6.16. The topological polar surface area (TPSA) is 169 Å². The summed E-state index contributed by atoms with van der Waals surface area (Å²) in [6, 6.07) is 12.3. The Morgan fingerprint density at radius 1 is 1.00 bits per heavy atom. The summed E-state index contributed by atoms with van der Waals surface area (Å²) in [5.74, 6) is -2.22. The Balaban J connectivity index is 0.000000235. The molecule has 5 N–H and O–H groups in total. The number of carboxylic acids is 2. The number of aliphatic hydroxyl groups excluding tert-OH is 2. The number of carbonyl (C=O) groups is 2. The van der Waals surface area contributed by atoms with Crippen molar-refractivity contribution in [2.24, 2.45) is 5.92 Å². The number of nitrogens with one attached hydrogen (secondary N) is 1. The van der Waals surface area contributed by atoms with Crippen LogP contribution in [0.2, 0.25) is 0 Å². The van der Waals surface area contributed by atoms with Crippen LogP contribution < -0.4 is 4.74 Å². The van der Waals surface area contributed by atoms with Gasteiger partial charge in [0.15, 0.2) is 12.2 Å². The largest absolute Gasteiger partial charge is 0.479 e. The van der Waals surface area contributed by atoms with E-state index >= 15 is 0 Å².